The standard InChI is InChI=1S/C13H14ClN3OS/c1-17(8-10-3-2-4-15-7-10)13(18)5-12-16-11(6-14)9-19-12/h2-4,7,9H,5-6,8H2,1H3. The summed E-state index contributed by atoms with van der Waals surface area (Å²) in [5, 5.41) is 2.69. The zero-order chi connectivity index (χ0) is 13.7. The number of halogens is 1. The van der Waals surface area contributed by atoms with Crippen LogP contribution in [0, 0.1) is 0 Å². The van der Waals surface area contributed by atoms with E-state index >= 15 is 0 Å². The Balaban J connectivity index is 1.92. The zero-order valence-electron chi connectivity index (χ0n) is 10.5. The van der Waals surface area contributed by atoms with Crippen molar-refractivity contribution in [2.45, 2.75) is 18.8 Å². The Morgan fingerprint density at radius 2 is 2.37 bits per heavy atom. The van der Waals surface area contributed by atoms with E-state index in [1.54, 1.807) is 24.3 Å². The van der Waals surface area contributed by atoms with Gasteiger partial charge in [-0.3, -0.25) is 9.78 Å². The van der Waals surface area contributed by atoms with Crippen molar-refractivity contribution in [3.8, 4) is 0 Å². The van der Waals surface area contributed by atoms with E-state index < -0.39 is 0 Å². The van der Waals surface area contributed by atoms with Crippen LogP contribution in [0.15, 0.2) is 29.9 Å². The highest BCUT2D eigenvalue weighted by Crippen LogP contribution is 2.13. The second-order valence-corrected chi connectivity index (χ2v) is 5.36. The Bertz CT molecular complexity index is 544. The maximum absolute atomic E-state index is 12.1. The first-order chi connectivity index (χ1) is 9.19. The quantitative estimate of drug-likeness (QED) is 0.796. The van der Waals surface area contributed by atoms with Crippen LogP contribution in [0.1, 0.15) is 16.3 Å². The first kappa shape index (κ1) is 14.0. The summed E-state index contributed by atoms with van der Waals surface area (Å²) in [6, 6.07) is 3.81. The van der Waals surface area contributed by atoms with E-state index in [-0.39, 0.29) is 5.91 Å². The number of pyridine rings is 1. The summed E-state index contributed by atoms with van der Waals surface area (Å²) in [7, 11) is 1.78. The fourth-order valence-electron chi connectivity index (χ4n) is 1.61. The van der Waals surface area contributed by atoms with E-state index in [1.807, 2.05) is 17.5 Å². The van der Waals surface area contributed by atoms with Crippen LogP contribution in [0.25, 0.3) is 0 Å². The van der Waals surface area contributed by atoms with Crippen LogP contribution in [0.3, 0.4) is 0 Å². The molecule has 2 heterocycles. The van der Waals surface area contributed by atoms with Gasteiger partial charge in [-0.05, 0) is 11.6 Å². The molecule has 2 aromatic heterocycles. The molecule has 0 N–H and O–H groups in total. The molecule has 6 heteroatoms. The molecule has 0 atom stereocenters. The number of carbonyl (C=O) groups excluding carboxylic acids is 1. The molecule has 2 rings (SSSR count). The summed E-state index contributed by atoms with van der Waals surface area (Å²) in [4.78, 5) is 22.1. The van der Waals surface area contributed by atoms with Gasteiger partial charge in [0.1, 0.15) is 5.01 Å². The maximum atomic E-state index is 12.1. The second kappa shape index (κ2) is 6.63. The number of hydrogen-bond acceptors (Lipinski definition) is 4. The highest BCUT2D eigenvalue weighted by atomic mass is 35.5. The largest absolute Gasteiger partial charge is 0.341 e. The number of rotatable bonds is 5. The number of hydrogen-bond donors (Lipinski definition) is 0. The van der Waals surface area contributed by atoms with Crippen LogP contribution in [-0.2, 0) is 23.6 Å². The molecule has 0 fully saturated rings. The molecule has 4 nitrogen and oxygen atoms in total. The van der Waals surface area contributed by atoms with Gasteiger partial charge in [0, 0.05) is 31.4 Å². The summed E-state index contributed by atoms with van der Waals surface area (Å²) >= 11 is 7.16. The molecule has 0 spiro atoms. The Kier molecular flexibility index (Phi) is 4.87. The molecule has 19 heavy (non-hydrogen) atoms. The Hall–Kier alpha value is -1.46. The van der Waals surface area contributed by atoms with Crippen molar-refractivity contribution in [1.29, 1.82) is 0 Å². The fraction of sp³-hybridized carbons (Fsp3) is 0.308. The first-order valence-corrected chi connectivity index (χ1v) is 7.22. The van der Waals surface area contributed by atoms with Crippen molar-refractivity contribution in [3.63, 3.8) is 0 Å². The van der Waals surface area contributed by atoms with E-state index in [9.17, 15) is 4.79 Å². The molecule has 0 bridgehead atoms. The lowest BCUT2D eigenvalue weighted by atomic mass is 10.2. The van der Waals surface area contributed by atoms with E-state index in [4.69, 9.17) is 11.6 Å². The van der Waals surface area contributed by atoms with Gasteiger partial charge in [0.05, 0.1) is 18.0 Å². The van der Waals surface area contributed by atoms with Gasteiger partial charge in [-0.25, -0.2) is 4.98 Å². The lowest BCUT2D eigenvalue weighted by Crippen LogP contribution is -2.27. The molecule has 0 aromatic carbocycles. The number of carbonyl (C=O) groups is 1. The lowest BCUT2D eigenvalue weighted by molar-refractivity contribution is -0.129. The maximum Gasteiger partial charge on any atom is 0.229 e. The van der Waals surface area contributed by atoms with E-state index in [2.05, 4.69) is 9.97 Å². The fourth-order valence-corrected chi connectivity index (χ4v) is 2.62. The number of aromatic nitrogens is 2. The molecule has 0 aliphatic heterocycles. The number of nitrogens with zero attached hydrogens (tertiary/aromatic N) is 3. The Labute approximate surface area is 121 Å². The monoisotopic (exact) mass is 295 g/mol. The van der Waals surface area contributed by atoms with Gasteiger partial charge in [-0.1, -0.05) is 6.07 Å². The average molecular weight is 296 g/mol. The minimum atomic E-state index is 0.0410. The molecule has 0 saturated heterocycles. The summed E-state index contributed by atoms with van der Waals surface area (Å²) < 4.78 is 0. The smallest absolute Gasteiger partial charge is 0.229 e. The lowest BCUT2D eigenvalue weighted by Gasteiger charge is -2.16. The van der Waals surface area contributed by atoms with E-state index in [0.717, 1.165) is 16.3 Å². The predicted molar refractivity (Wildman–Crippen MR) is 76.1 cm³/mol. The molecule has 1 amide bonds. The van der Waals surface area contributed by atoms with Crippen molar-refractivity contribution in [1.82, 2.24) is 14.9 Å². The van der Waals surface area contributed by atoms with Crippen LogP contribution in [0.4, 0.5) is 0 Å². The summed E-state index contributed by atoms with van der Waals surface area (Å²) in [6.45, 7) is 0.556. The molecule has 0 unspecified atom stereocenters. The number of amides is 1. The predicted octanol–water partition coefficient (Wildman–Crippen LogP) is 2.48. The Morgan fingerprint density at radius 3 is 3.00 bits per heavy atom. The van der Waals surface area contributed by atoms with Crippen LogP contribution in [0.5, 0.6) is 0 Å². The van der Waals surface area contributed by atoms with E-state index in [1.165, 1.54) is 11.3 Å². The van der Waals surface area contributed by atoms with Crippen LogP contribution >= 0.6 is 22.9 Å². The highest BCUT2D eigenvalue weighted by molar-refractivity contribution is 7.09. The van der Waals surface area contributed by atoms with Crippen molar-refractivity contribution >= 4 is 28.8 Å². The number of alkyl halides is 1. The minimum absolute atomic E-state index is 0.0410. The molecule has 0 aliphatic rings. The summed E-state index contributed by atoms with van der Waals surface area (Å²) in [5.74, 6) is 0.426. The normalized spacial score (nSPS) is 10.4. The van der Waals surface area contributed by atoms with Gasteiger partial charge in [0.2, 0.25) is 5.91 Å². The summed E-state index contributed by atoms with van der Waals surface area (Å²) in [6.07, 6.45) is 3.80. The van der Waals surface area contributed by atoms with Crippen LogP contribution < -0.4 is 0 Å². The zero-order valence-corrected chi connectivity index (χ0v) is 12.1. The van der Waals surface area contributed by atoms with Crippen molar-refractivity contribution in [2.24, 2.45) is 0 Å². The van der Waals surface area contributed by atoms with Gasteiger partial charge < -0.3 is 4.90 Å². The van der Waals surface area contributed by atoms with Gasteiger partial charge in [-0.2, -0.15) is 0 Å². The number of likely N-dealkylation sites (N-methyl/N-ethyl adjacent to an activating group) is 1. The third-order valence-electron chi connectivity index (χ3n) is 2.61. The number of thiazole rings is 1. The van der Waals surface area contributed by atoms with Crippen molar-refractivity contribution in [3.05, 3.63) is 46.2 Å². The van der Waals surface area contributed by atoms with E-state index in [0.29, 0.717) is 18.8 Å². The Morgan fingerprint density at radius 1 is 1.53 bits per heavy atom. The molecule has 0 saturated carbocycles. The van der Waals surface area contributed by atoms with Crippen LogP contribution in [0.2, 0.25) is 0 Å². The molecule has 100 valence electrons. The molecule has 0 radical (unpaired) electrons. The first-order valence-electron chi connectivity index (χ1n) is 5.81. The average Bonchev–Trinajstić information content (AvgIpc) is 2.87. The van der Waals surface area contributed by atoms with Gasteiger partial charge in [0.15, 0.2) is 0 Å². The van der Waals surface area contributed by atoms with Crippen LogP contribution in [-0.4, -0.2) is 27.8 Å². The molecular weight excluding hydrogens is 282 g/mol. The van der Waals surface area contributed by atoms with Gasteiger partial charge >= 0.3 is 0 Å². The topological polar surface area (TPSA) is 46.1 Å². The second-order valence-electron chi connectivity index (χ2n) is 4.15. The summed E-state index contributed by atoms with van der Waals surface area (Å²) in [5.41, 5.74) is 1.84. The molecule has 0 aliphatic carbocycles. The third-order valence-corrected chi connectivity index (χ3v) is 3.78. The minimum Gasteiger partial charge on any atom is -0.341 e. The van der Waals surface area contributed by atoms with Crippen molar-refractivity contribution < 1.29 is 4.79 Å². The van der Waals surface area contributed by atoms with Crippen molar-refractivity contribution in [2.75, 3.05) is 7.05 Å². The van der Waals surface area contributed by atoms with Gasteiger partial charge in [0.25, 0.3) is 0 Å². The van der Waals surface area contributed by atoms with Gasteiger partial charge in [-0.15, -0.1) is 22.9 Å². The molecule has 2 aromatic rings. The highest BCUT2D eigenvalue weighted by Gasteiger charge is 2.12. The third kappa shape index (κ3) is 4.01. The SMILES string of the molecule is CN(Cc1cccnc1)C(=O)Cc1nc(CCl)cs1. The molecular formula is C13H14ClN3OS.